The number of carbonyl (C=O) groups is 1. The molecule has 0 atom stereocenters. The number of amides is 1. The average Bonchev–Trinajstić information content (AvgIpc) is 3.64. The normalized spacial score (nSPS) is 15.1. The Kier molecular flexibility index (Phi) is 8.79. The molecule has 1 N–H and O–H groups in total. The summed E-state index contributed by atoms with van der Waals surface area (Å²) in [7, 11) is 3.31. The topological polar surface area (TPSA) is 50.8 Å². The van der Waals surface area contributed by atoms with E-state index in [1.807, 2.05) is 20.8 Å². The molecule has 0 saturated heterocycles. The van der Waals surface area contributed by atoms with E-state index in [0.717, 1.165) is 19.1 Å². The van der Waals surface area contributed by atoms with Crippen molar-refractivity contribution in [2.75, 3.05) is 32.2 Å². The van der Waals surface area contributed by atoms with Gasteiger partial charge in [0.05, 0.1) is 6.61 Å². The van der Waals surface area contributed by atoms with Crippen molar-refractivity contribution >= 4 is 17.5 Å². The summed E-state index contributed by atoms with van der Waals surface area (Å²) in [6.45, 7) is 7.09. The number of benzene rings is 2. The summed E-state index contributed by atoms with van der Waals surface area (Å²) in [5, 5.41) is 2.36. The molecule has 2 aliphatic rings. The van der Waals surface area contributed by atoms with Crippen LogP contribution in [0.25, 0.3) is 0 Å². The van der Waals surface area contributed by atoms with Crippen molar-refractivity contribution in [3.63, 3.8) is 0 Å². The van der Waals surface area contributed by atoms with E-state index in [9.17, 15) is 4.79 Å². The fourth-order valence-corrected chi connectivity index (χ4v) is 4.15. The molecule has 0 aliphatic heterocycles. The van der Waals surface area contributed by atoms with Gasteiger partial charge in [0.1, 0.15) is 5.60 Å². The third-order valence-electron chi connectivity index (χ3n) is 6.02. The van der Waals surface area contributed by atoms with Gasteiger partial charge in [0.15, 0.2) is 0 Å². The molecule has 1 fully saturated rings. The van der Waals surface area contributed by atoms with Crippen molar-refractivity contribution in [2.24, 2.45) is 0 Å². The minimum atomic E-state index is -0.389. The summed E-state index contributed by atoms with van der Waals surface area (Å²) >= 11 is 0. The van der Waals surface area contributed by atoms with Gasteiger partial charge in [-0.2, -0.15) is 0 Å². The second-order valence-electron chi connectivity index (χ2n) is 9.92. The van der Waals surface area contributed by atoms with Crippen LogP contribution in [0.15, 0.2) is 42.5 Å². The van der Waals surface area contributed by atoms with E-state index in [2.05, 4.69) is 52.7 Å². The van der Waals surface area contributed by atoms with Gasteiger partial charge < -0.3 is 19.7 Å². The molecule has 2 aromatic rings. The number of carbonyl (C=O) groups excluding carboxylic acids is 1. The maximum Gasteiger partial charge on any atom is 0.407 e. The lowest BCUT2D eigenvalue weighted by atomic mass is 9.91. The molecule has 0 radical (unpaired) electrons. The van der Waals surface area contributed by atoms with E-state index in [1.54, 1.807) is 12.7 Å². The largest absolute Gasteiger partial charge is 0.444 e. The molecule has 1 saturated carbocycles. The van der Waals surface area contributed by atoms with E-state index < -0.39 is 0 Å². The molecular formula is C28H40N2O3. The van der Waals surface area contributed by atoms with Crippen molar-refractivity contribution in [1.82, 2.24) is 5.32 Å². The molecule has 33 heavy (non-hydrogen) atoms. The smallest absolute Gasteiger partial charge is 0.407 e. The summed E-state index contributed by atoms with van der Waals surface area (Å²) in [5.41, 5.74) is 6.76. The van der Waals surface area contributed by atoms with E-state index in [0.29, 0.717) is 0 Å². The Labute approximate surface area is 199 Å². The molecule has 180 valence electrons. The molecule has 5 heteroatoms. The van der Waals surface area contributed by atoms with Gasteiger partial charge in [-0.1, -0.05) is 18.2 Å². The lowest BCUT2D eigenvalue weighted by molar-refractivity contribution is 0.0541. The Bertz CT molecular complexity index is 898. The fourth-order valence-electron chi connectivity index (χ4n) is 4.15. The van der Waals surface area contributed by atoms with Gasteiger partial charge in [-0.05, 0) is 106 Å². The molecule has 1 amide bonds. The number of alkyl carbamates (subject to hydrolysis) is 1. The van der Waals surface area contributed by atoms with E-state index in [4.69, 9.17) is 9.47 Å². The van der Waals surface area contributed by atoms with Gasteiger partial charge in [-0.25, -0.2) is 4.79 Å². The standard InChI is InChI=1S/C22H27NO.C6H13NO2/c1-24-15-14-23(21-11-8-19(9-12-21)18-6-7-18)22-13-10-17-4-2-3-5-20(17)16-22;1-6(2,3)9-5(8)7-4/h8-13,16,18H,2-7,14-15H2,1H3;1-4H3,(H,7,8). The minimum Gasteiger partial charge on any atom is -0.444 e. The number of rotatable bonds is 6. The number of aryl methyl sites for hydroxylation is 2. The highest BCUT2D eigenvalue weighted by molar-refractivity contribution is 5.67. The zero-order chi connectivity index (χ0) is 23.8. The highest BCUT2D eigenvalue weighted by atomic mass is 16.6. The van der Waals surface area contributed by atoms with Crippen molar-refractivity contribution in [3.8, 4) is 0 Å². The first-order valence-electron chi connectivity index (χ1n) is 12.2. The van der Waals surface area contributed by atoms with Crippen LogP contribution < -0.4 is 10.2 Å². The summed E-state index contributed by atoms with van der Waals surface area (Å²) in [6.07, 6.45) is 7.45. The first-order valence-corrected chi connectivity index (χ1v) is 12.2. The number of hydrogen-bond donors (Lipinski definition) is 1. The molecule has 2 aliphatic carbocycles. The molecular weight excluding hydrogens is 412 g/mol. The van der Waals surface area contributed by atoms with Crippen molar-refractivity contribution in [1.29, 1.82) is 0 Å². The second kappa shape index (κ2) is 11.6. The quantitative estimate of drug-likeness (QED) is 0.553. The Balaban J connectivity index is 0.000000292. The van der Waals surface area contributed by atoms with Gasteiger partial charge in [-0.3, -0.25) is 0 Å². The molecule has 2 aromatic carbocycles. The van der Waals surface area contributed by atoms with Crippen molar-refractivity contribution < 1.29 is 14.3 Å². The number of hydrogen-bond acceptors (Lipinski definition) is 4. The lowest BCUT2D eigenvalue weighted by Gasteiger charge is -2.27. The van der Waals surface area contributed by atoms with Crippen LogP contribution in [0.4, 0.5) is 16.2 Å². The van der Waals surface area contributed by atoms with Crippen molar-refractivity contribution in [3.05, 3.63) is 59.2 Å². The zero-order valence-corrected chi connectivity index (χ0v) is 20.9. The predicted molar refractivity (Wildman–Crippen MR) is 136 cm³/mol. The molecule has 0 heterocycles. The summed E-state index contributed by atoms with van der Waals surface area (Å²) < 4.78 is 10.2. The van der Waals surface area contributed by atoms with E-state index in [1.165, 1.54) is 68.1 Å². The van der Waals surface area contributed by atoms with Crippen molar-refractivity contribution in [2.45, 2.75) is 70.8 Å². The maximum absolute atomic E-state index is 10.5. The molecule has 0 unspecified atom stereocenters. The van der Waals surface area contributed by atoms with Crippen LogP contribution in [0, 0.1) is 0 Å². The van der Waals surface area contributed by atoms with Crippen LogP contribution in [0.5, 0.6) is 0 Å². The molecule has 4 rings (SSSR count). The SMILES string of the molecule is CNC(=O)OC(C)(C)C.COCCN(c1ccc(C2CC2)cc1)c1ccc2c(c1)CCCC2. The molecule has 5 nitrogen and oxygen atoms in total. The molecule has 0 spiro atoms. The highest BCUT2D eigenvalue weighted by Gasteiger charge is 2.23. The lowest BCUT2D eigenvalue weighted by Crippen LogP contribution is -2.30. The monoisotopic (exact) mass is 452 g/mol. The first-order chi connectivity index (χ1) is 15.8. The van der Waals surface area contributed by atoms with Gasteiger partial charge in [0.25, 0.3) is 0 Å². The number of fused-ring (bicyclic) bond motifs is 1. The minimum absolute atomic E-state index is 0.387. The van der Waals surface area contributed by atoms with Crippen LogP contribution in [0.1, 0.15) is 69.1 Å². The van der Waals surface area contributed by atoms with Gasteiger partial charge in [0.2, 0.25) is 0 Å². The van der Waals surface area contributed by atoms with Gasteiger partial charge in [0, 0.05) is 32.1 Å². The first kappa shape index (κ1) is 25.1. The van der Waals surface area contributed by atoms with Crippen LogP contribution in [0.3, 0.4) is 0 Å². The van der Waals surface area contributed by atoms with Gasteiger partial charge >= 0.3 is 6.09 Å². The van der Waals surface area contributed by atoms with Crippen LogP contribution in [-0.4, -0.2) is 39.0 Å². The Hall–Kier alpha value is -2.53. The number of nitrogens with zero attached hydrogens (tertiary/aromatic N) is 1. The maximum atomic E-state index is 10.5. The number of ether oxygens (including phenoxy) is 2. The summed E-state index contributed by atoms with van der Waals surface area (Å²) in [5.74, 6) is 0.815. The summed E-state index contributed by atoms with van der Waals surface area (Å²) in [6, 6.07) is 16.2. The highest BCUT2D eigenvalue weighted by Crippen LogP contribution is 2.41. The van der Waals surface area contributed by atoms with E-state index >= 15 is 0 Å². The Morgan fingerprint density at radius 2 is 1.64 bits per heavy atom. The van der Waals surface area contributed by atoms with Crippen LogP contribution in [0.2, 0.25) is 0 Å². The molecule has 0 aromatic heterocycles. The third-order valence-corrected chi connectivity index (χ3v) is 6.02. The molecule has 0 bridgehead atoms. The van der Waals surface area contributed by atoms with E-state index in [-0.39, 0.29) is 11.7 Å². The Morgan fingerprint density at radius 3 is 2.18 bits per heavy atom. The summed E-state index contributed by atoms with van der Waals surface area (Å²) in [4.78, 5) is 12.9. The Morgan fingerprint density at radius 1 is 1.00 bits per heavy atom. The number of anilines is 2. The predicted octanol–water partition coefficient (Wildman–Crippen LogP) is 6.37. The second-order valence-corrected chi connectivity index (χ2v) is 9.92. The fraction of sp³-hybridized carbons (Fsp3) is 0.536. The average molecular weight is 453 g/mol. The number of nitrogens with one attached hydrogen (secondary N) is 1. The zero-order valence-electron chi connectivity index (χ0n) is 20.9. The van der Waals surface area contributed by atoms with Gasteiger partial charge in [-0.15, -0.1) is 0 Å². The van der Waals surface area contributed by atoms with Crippen LogP contribution >= 0.6 is 0 Å². The van der Waals surface area contributed by atoms with Crippen LogP contribution in [-0.2, 0) is 22.3 Å². The third kappa shape index (κ3) is 7.78. The number of methoxy groups -OCH3 is 1.